The van der Waals surface area contributed by atoms with E-state index in [1.54, 1.807) is 16.7 Å². The highest BCUT2D eigenvalue weighted by molar-refractivity contribution is 5.94. The Morgan fingerprint density at radius 2 is 1.69 bits per heavy atom. The first-order valence-corrected chi connectivity index (χ1v) is 12.3. The van der Waals surface area contributed by atoms with Crippen LogP contribution in [-0.4, -0.2) is 46.7 Å². The SMILES string of the molecule is COc1ccc(CC(=O)N(CC(=O)Nc2cc(C(C)(C)C)nn2-c2ccc(C)cc2)CC(C)C)cc1. The first-order valence-electron chi connectivity index (χ1n) is 12.3. The number of hydrogen-bond acceptors (Lipinski definition) is 4. The van der Waals surface area contributed by atoms with Gasteiger partial charge in [0.1, 0.15) is 11.6 Å². The summed E-state index contributed by atoms with van der Waals surface area (Å²) >= 11 is 0. The Balaban J connectivity index is 1.79. The molecule has 0 aliphatic heterocycles. The lowest BCUT2D eigenvalue weighted by Crippen LogP contribution is -2.41. The summed E-state index contributed by atoms with van der Waals surface area (Å²) in [5.41, 5.74) is 3.57. The van der Waals surface area contributed by atoms with Gasteiger partial charge in [0.05, 0.1) is 31.5 Å². The highest BCUT2D eigenvalue weighted by Gasteiger charge is 2.23. The Bertz CT molecular complexity index is 1170. The molecule has 1 N–H and O–H groups in total. The molecule has 0 saturated carbocycles. The zero-order valence-corrected chi connectivity index (χ0v) is 22.5. The molecule has 7 heteroatoms. The Morgan fingerprint density at radius 1 is 1.06 bits per heavy atom. The van der Waals surface area contributed by atoms with Gasteiger partial charge >= 0.3 is 0 Å². The number of amides is 2. The summed E-state index contributed by atoms with van der Waals surface area (Å²) in [5.74, 6) is 1.20. The van der Waals surface area contributed by atoms with E-state index < -0.39 is 0 Å². The lowest BCUT2D eigenvalue weighted by molar-refractivity contribution is -0.134. The van der Waals surface area contributed by atoms with Crippen molar-refractivity contribution >= 4 is 17.6 Å². The predicted octanol–water partition coefficient (Wildman–Crippen LogP) is 5.15. The average Bonchev–Trinajstić information content (AvgIpc) is 3.23. The van der Waals surface area contributed by atoms with Crippen LogP contribution < -0.4 is 10.1 Å². The van der Waals surface area contributed by atoms with E-state index in [2.05, 4.69) is 26.1 Å². The molecule has 0 unspecified atom stereocenters. The van der Waals surface area contributed by atoms with Gasteiger partial charge in [-0.25, -0.2) is 4.68 Å². The highest BCUT2D eigenvalue weighted by Crippen LogP contribution is 2.26. The van der Waals surface area contributed by atoms with Gasteiger partial charge in [-0.05, 0) is 42.7 Å². The molecule has 0 aliphatic rings. The molecule has 0 saturated heterocycles. The summed E-state index contributed by atoms with van der Waals surface area (Å²) in [6.07, 6.45) is 0.222. The maximum absolute atomic E-state index is 13.2. The summed E-state index contributed by atoms with van der Waals surface area (Å²) in [6.45, 7) is 12.8. The summed E-state index contributed by atoms with van der Waals surface area (Å²) < 4.78 is 6.95. The van der Waals surface area contributed by atoms with E-state index in [1.807, 2.05) is 75.4 Å². The zero-order valence-electron chi connectivity index (χ0n) is 22.5. The Hall–Kier alpha value is -3.61. The van der Waals surface area contributed by atoms with E-state index in [4.69, 9.17) is 9.84 Å². The van der Waals surface area contributed by atoms with Crippen LogP contribution in [0.3, 0.4) is 0 Å². The van der Waals surface area contributed by atoms with Gasteiger partial charge in [-0.1, -0.05) is 64.4 Å². The van der Waals surface area contributed by atoms with Gasteiger partial charge in [0.25, 0.3) is 0 Å². The maximum atomic E-state index is 13.2. The molecule has 0 aliphatic carbocycles. The van der Waals surface area contributed by atoms with Crippen LogP contribution >= 0.6 is 0 Å². The number of benzene rings is 2. The third-order valence-corrected chi connectivity index (χ3v) is 5.81. The molecule has 192 valence electrons. The van der Waals surface area contributed by atoms with Crippen molar-refractivity contribution in [3.05, 3.63) is 71.4 Å². The number of aryl methyl sites for hydroxylation is 1. The van der Waals surface area contributed by atoms with Crippen molar-refractivity contribution in [2.75, 3.05) is 25.5 Å². The topological polar surface area (TPSA) is 76.5 Å². The minimum atomic E-state index is -0.257. The quantitative estimate of drug-likeness (QED) is 0.450. The van der Waals surface area contributed by atoms with Gasteiger partial charge in [0.15, 0.2) is 0 Å². The van der Waals surface area contributed by atoms with Crippen molar-refractivity contribution in [1.29, 1.82) is 0 Å². The smallest absolute Gasteiger partial charge is 0.245 e. The number of hydrogen-bond donors (Lipinski definition) is 1. The fourth-order valence-electron chi connectivity index (χ4n) is 3.80. The number of carbonyl (C=O) groups excluding carboxylic acids is 2. The molecule has 1 heterocycles. The van der Waals surface area contributed by atoms with Crippen LogP contribution in [-0.2, 0) is 21.4 Å². The van der Waals surface area contributed by atoms with E-state index in [1.165, 1.54) is 0 Å². The summed E-state index contributed by atoms with van der Waals surface area (Å²) in [7, 11) is 1.61. The number of carbonyl (C=O) groups is 2. The number of ether oxygens (including phenoxy) is 1. The van der Waals surface area contributed by atoms with Gasteiger partial charge in [0, 0.05) is 18.0 Å². The van der Waals surface area contributed by atoms with Crippen molar-refractivity contribution in [1.82, 2.24) is 14.7 Å². The standard InChI is InChI=1S/C29H38N4O3/c1-20(2)18-32(28(35)16-22-10-14-24(36-7)15-11-22)19-27(34)30-26-17-25(29(4,5)6)31-33(26)23-12-8-21(3)9-13-23/h8-15,17,20H,16,18-19H2,1-7H3,(H,30,34). The molecule has 3 aromatic rings. The molecule has 2 amide bonds. The lowest BCUT2D eigenvalue weighted by Gasteiger charge is -2.24. The molecular formula is C29H38N4O3. The number of nitrogens with zero attached hydrogens (tertiary/aromatic N) is 3. The Labute approximate surface area is 214 Å². The van der Waals surface area contributed by atoms with Crippen molar-refractivity contribution in [3.8, 4) is 11.4 Å². The van der Waals surface area contributed by atoms with Crippen molar-refractivity contribution in [3.63, 3.8) is 0 Å². The van der Waals surface area contributed by atoms with E-state index in [0.717, 1.165) is 28.3 Å². The fraction of sp³-hybridized carbons (Fsp3) is 0.414. The molecule has 0 bridgehead atoms. The van der Waals surface area contributed by atoms with Crippen LogP contribution in [0, 0.1) is 12.8 Å². The van der Waals surface area contributed by atoms with Crippen LogP contribution in [0.25, 0.3) is 5.69 Å². The average molecular weight is 491 g/mol. The maximum Gasteiger partial charge on any atom is 0.245 e. The monoisotopic (exact) mass is 490 g/mol. The van der Waals surface area contributed by atoms with Crippen LogP contribution in [0.15, 0.2) is 54.6 Å². The van der Waals surface area contributed by atoms with Crippen LogP contribution in [0.1, 0.15) is 51.4 Å². The van der Waals surface area contributed by atoms with Crippen molar-refractivity contribution in [2.45, 2.75) is 53.4 Å². The van der Waals surface area contributed by atoms with Gasteiger partial charge in [-0.15, -0.1) is 0 Å². The van der Waals surface area contributed by atoms with Crippen molar-refractivity contribution in [2.24, 2.45) is 5.92 Å². The second kappa shape index (κ2) is 11.4. The lowest BCUT2D eigenvalue weighted by atomic mass is 9.92. The molecule has 36 heavy (non-hydrogen) atoms. The normalized spacial score (nSPS) is 11.4. The molecular weight excluding hydrogens is 452 g/mol. The fourth-order valence-corrected chi connectivity index (χ4v) is 3.80. The number of rotatable bonds is 9. The third-order valence-electron chi connectivity index (χ3n) is 5.81. The number of methoxy groups -OCH3 is 1. The largest absolute Gasteiger partial charge is 0.497 e. The minimum Gasteiger partial charge on any atom is -0.497 e. The molecule has 2 aromatic carbocycles. The van der Waals surface area contributed by atoms with Crippen molar-refractivity contribution < 1.29 is 14.3 Å². The second-order valence-corrected chi connectivity index (χ2v) is 10.7. The van der Waals surface area contributed by atoms with E-state index >= 15 is 0 Å². The Kier molecular flexibility index (Phi) is 8.56. The number of aromatic nitrogens is 2. The summed E-state index contributed by atoms with van der Waals surface area (Å²) in [5, 5.41) is 7.78. The molecule has 1 aromatic heterocycles. The van der Waals surface area contributed by atoms with E-state index in [0.29, 0.717) is 12.4 Å². The number of nitrogens with one attached hydrogen (secondary N) is 1. The highest BCUT2D eigenvalue weighted by atomic mass is 16.5. The molecule has 7 nitrogen and oxygen atoms in total. The van der Waals surface area contributed by atoms with Gasteiger partial charge in [0.2, 0.25) is 11.8 Å². The van der Waals surface area contributed by atoms with Gasteiger partial charge in [-0.3, -0.25) is 9.59 Å². The summed E-state index contributed by atoms with van der Waals surface area (Å²) in [6, 6.07) is 17.3. The van der Waals surface area contributed by atoms with Crippen LogP contribution in [0.2, 0.25) is 0 Å². The molecule has 0 fully saturated rings. The van der Waals surface area contributed by atoms with Crippen LogP contribution in [0.5, 0.6) is 5.75 Å². The third kappa shape index (κ3) is 7.20. The number of anilines is 1. The zero-order chi connectivity index (χ0) is 26.5. The molecule has 0 atom stereocenters. The van der Waals surface area contributed by atoms with Crippen LogP contribution in [0.4, 0.5) is 5.82 Å². The molecule has 3 rings (SSSR count). The first kappa shape index (κ1) is 27.0. The van der Waals surface area contributed by atoms with Gasteiger partial charge in [-0.2, -0.15) is 5.10 Å². The van der Waals surface area contributed by atoms with E-state index in [-0.39, 0.29) is 36.1 Å². The second-order valence-electron chi connectivity index (χ2n) is 10.7. The molecule has 0 radical (unpaired) electrons. The first-order chi connectivity index (χ1) is 17.0. The molecule has 0 spiro atoms. The Morgan fingerprint density at radius 3 is 2.25 bits per heavy atom. The minimum absolute atomic E-state index is 0.0307. The van der Waals surface area contributed by atoms with E-state index in [9.17, 15) is 9.59 Å². The summed E-state index contributed by atoms with van der Waals surface area (Å²) in [4.78, 5) is 27.9. The predicted molar refractivity (Wildman–Crippen MR) is 144 cm³/mol. The van der Waals surface area contributed by atoms with Gasteiger partial charge < -0.3 is 15.0 Å².